The number of para-hydroxylation sites is 1. The number of nitrogens with zero attached hydrogens (tertiary/aromatic N) is 2. The van der Waals surface area contributed by atoms with Crippen LogP contribution in [0.25, 0.3) is 0 Å². The average Bonchev–Trinajstić information content (AvgIpc) is 2.70. The Bertz CT molecular complexity index is 993. The Labute approximate surface area is 162 Å². The third kappa shape index (κ3) is 3.44. The Balaban J connectivity index is 1.49. The highest BCUT2D eigenvalue weighted by Crippen LogP contribution is 2.30. The van der Waals surface area contributed by atoms with Gasteiger partial charge in [-0.3, -0.25) is 9.59 Å². The van der Waals surface area contributed by atoms with Crippen LogP contribution >= 0.6 is 0 Å². The van der Waals surface area contributed by atoms with Crippen molar-refractivity contribution in [3.63, 3.8) is 0 Å². The summed E-state index contributed by atoms with van der Waals surface area (Å²) >= 11 is 0. The van der Waals surface area contributed by atoms with E-state index < -0.39 is 5.54 Å². The van der Waals surface area contributed by atoms with Crippen LogP contribution < -0.4 is 10.1 Å². The number of allylic oxidation sites excluding steroid dienone is 2. The van der Waals surface area contributed by atoms with Crippen LogP contribution in [-0.2, 0) is 9.59 Å². The molecule has 0 fully saturated rings. The minimum absolute atomic E-state index is 0.00964. The number of amides is 2. The van der Waals surface area contributed by atoms with Crippen molar-refractivity contribution in [1.29, 1.82) is 0 Å². The van der Waals surface area contributed by atoms with Gasteiger partial charge < -0.3 is 15.0 Å². The molecule has 1 N–H and O–H groups in total. The quantitative estimate of drug-likeness (QED) is 0.883. The number of ether oxygens (including phenoxy) is 1. The molecule has 140 valence electrons. The standard InChI is InChI=1S/C22H19N3O3/c1-22(15-20(26)24-19-9-5-6-14-25(19)22)21(27)23-16-10-12-18(13-11-16)28-17-7-3-2-4-8-17/h2-14H,15H2,1H3,(H,23,27). The maximum Gasteiger partial charge on any atom is 0.250 e. The summed E-state index contributed by atoms with van der Waals surface area (Å²) < 4.78 is 5.76. The van der Waals surface area contributed by atoms with Gasteiger partial charge in [0.25, 0.3) is 11.8 Å². The SMILES string of the molecule is CC1(C(=O)Nc2ccc(Oc3ccccc3)cc2)CC(=O)N=C2C=CC=CN21. The molecule has 4 rings (SSSR count). The van der Waals surface area contributed by atoms with Crippen LogP contribution in [0.3, 0.4) is 0 Å². The van der Waals surface area contributed by atoms with Gasteiger partial charge in [0.15, 0.2) is 0 Å². The summed E-state index contributed by atoms with van der Waals surface area (Å²) in [7, 11) is 0. The van der Waals surface area contributed by atoms with E-state index in [0.717, 1.165) is 5.75 Å². The molecule has 0 radical (unpaired) electrons. The fourth-order valence-electron chi connectivity index (χ4n) is 3.18. The minimum atomic E-state index is -1.05. The van der Waals surface area contributed by atoms with Gasteiger partial charge in [0.05, 0.1) is 6.42 Å². The lowest BCUT2D eigenvalue weighted by atomic mass is 9.91. The predicted octanol–water partition coefficient (Wildman–Crippen LogP) is 3.89. The number of hydrogen-bond donors (Lipinski definition) is 1. The van der Waals surface area contributed by atoms with Crippen molar-refractivity contribution in [3.8, 4) is 11.5 Å². The third-order valence-electron chi connectivity index (χ3n) is 4.69. The molecule has 0 aromatic heterocycles. The number of amidine groups is 1. The van der Waals surface area contributed by atoms with Gasteiger partial charge in [-0.05, 0) is 55.5 Å². The van der Waals surface area contributed by atoms with Crippen LogP contribution in [0.1, 0.15) is 13.3 Å². The second kappa shape index (κ2) is 7.15. The molecule has 2 aliphatic heterocycles. The summed E-state index contributed by atoms with van der Waals surface area (Å²) in [4.78, 5) is 30.8. The second-order valence-corrected chi connectivity index (χ2v) is 6.78. The van der Waals surface area contributed by atoms with Gasteiger partial charge in [-0.2, -0.15) is 4.99 Å². The van der Waals surface area contributed by atoms with E-state index in [0.29, 0.717) is 17.3 Å². The summed E-state index contributed by atoms with van der Waals surface area (Å²) in [6.45, 7) is 1.74. The number of carbonyl (C=O) groups excluding carboxylic acids is 2. The van der Waals surface area contributed by atoms with Gasteiger partial charge in [-0.25, -0.2) is 0 Å². The van der Waals surface area contributed by atoms with E-state index in [1.165, 1.54) is 0 Å². The zero-order chi connectivity index (χ0) is 19.6. The van der Waals surface area contributed by atoms with Gasteiger partial charge in [0.2, 0.25) is 0 Å². The molecule has 0 bridgehead atoms. The fourth-order valence-corrected chi connectivity index (χ4v) is 3.18. The molecule has 0 spiro atoms. The molecule has 0 aliphatic carbocycles. The summed E-state index contributed by atoms with van der Waals surface area (Å²) in [6, 6.07) is 16.6. The molecule has 2 heterocycles. The van der Waals surface area contributed by atoms with Gasteiger partial charge >= 0.3 is 0 Å². The first-order chi connectivity index (χ1) is 13.5. The Morgan fingerprint density at radius 3 is 2.54 bits per heavy atom. The van der Waals surface area contributed by atoms with E-state index in [2.05, 4.69) is 10.3 Å². The topological polar surface area (TPSA) is 71.0 Å². The molecule has 6 nitrogen and oxygen atoms in total. The Morgan fingerprint density at radius 1 is 1.07 bits per heavy atom. The van der Waals surface area contributed by atoms with Crippen molar-refractivity contribution >= 4 is 23.3 Å². The number of nitrogens with one attached hydrogen (secondary N) is 1. The smallest absolute Gasteiger partial charge is 0.250 e. The zero-order valence-electron chi connectivity index (χ0n) is 15.3. The van der Waals surface area contributed by atoms with Crippen LogP contribution in [0.15, 0.2) is 84.0 Å². The average molecular weight is 373 g/mol. The molecule has 1 unspecified atom stereocenters. The maximum absolute atomic E-state index is 13.0. The van der Waals surface area contributed by atoms with Gasteiger partial charge in [0.1, 0.15) is 22.9 Å². The van der Waals surface area contributed by atoms with Crippen LogP contribution in [0, 0.1) is 0 Å². The molecule has 2 amide bonds. The minimum Gasteiger partial charge on any atom is -0.457 e. The van der Waals surface area contributed by atoms with E-state index in [1.54, 1.807) is 54.4 Å². The third-order valence-corrected chi connectivity index (χ3v) is 4.69. The Kier molecular flexibility index (Phi) is 4.53. The Hall–Kier alpha value is -3.67. The van der Waals surface area contributed by atoms with Crippen molar-refractivity contribution in [2.24, 2.45) is 4.99 Å². The summed E-state index contributed by atoms with van der Waals surface area (Å²) in [5, 5.41) is 2.90. The van der Waals surface area contributed by atoms with Crippen LogP contribution in [0.5, 0.6) is 11.5 Å². The predicted molar refractivity (Wildman–Crippen MR) is 107 cm³/mol. The van der Waals surface area contributed by atoms with Crippen molar-refractivity contribution in [3.05, 3.63) is 79.0 Å². The van der Waals surface area contributed by atoms with Crippen molar-refractivity contribution in [2.75, 3.05) is 5.32 Å². The number of carbonyl (C=O) groups is 2. The number of anilines is 1. The van der Waals surface area contributed by atoms with E-state index >= 15 is 0 Å². The maximum atomic E-state index is 13.0. The lowest BCUT2D eigenvalue weighted by molar-refractivity contribution is -0.130. The van der Waals surface area contributed by atoms with Crippen LogP contribution in [0.4, 0.5) is 5.69 Å². The monoisotopic (exact) mass is 373 g/mol. The fraction of sp³-hybridized carbons (Fsp3) is 0.136. The van der Waals surface area contributed by atoms with E-state index in [1.807, 2.05) is 36.4 Å². The molecule has 2 aromatic carbocycles. The summed E-state index contributed by atoms with van der Waals surface area (Å²) in [5.41, 5.74) is -0.422. The molecule has 6 heteroatoms. The van der Waals surface area contributed by atoms with Gasteiger partial charge in [-0.15, -0.1) is 0 Å². The van der Waals surface area contributed by atoms with E-state index in [-0.39, 0.29) is 18.2 Å². The first-order valence-electron chi connectivity index (χ1n) is 8.95. The van der Waals surface area contributed by atoms with Crippen molar-refractivity contribution in [2.45, 2.75) is 18.9 Å². The molecule has 28 heavy (non-hydrogen) atoms. The number of fused-ring (bicyclic) bond motifs is 1. The molecular weight excluding hydrogens is 354 g/mol. The van der Waals surface area contributed by atoms with Crippen LogP contribution in [0.2, 0.25) is 0 Å². The molecule has 2 aliphatic rings. The number of aliphatic imine (C=N–C) groups is 1. The zero-order valence-corrected chi connectivity index (χ0v) is 15.3. The highest BCUT2D eigenvalue weighted by atomic mass is 16.5. The normalized spacial score (nSPS) is 20.4. The van der Waals surface area contributed by atoms with E-state index in [4.69, 9.17) is 4.74 Å². The highest BCUT2D eigenvalue weighted by Gasteiger charge is 2.45. The second-order valence-electron chi connectivity index (χ2n) is 6.78. The molecule has 0 saturated heterocycles. The number of benzene rings is 2. The molecule has 0 saturated carbocycles. The number of hydrogen-bond acceptors (Lipinski definition) is 4. The molecule has 2 aromatic rings. The molecule has 1 atom stereocenters. The van der Waals surface area contributed by atoms with Crippen molar-refractivity contribution < 1.29 is 14.3 Å². The van der Waals surface area contributed by atoms with Crippen molar-refractivity contribution in [1.82, 2.24) is 4.90 Å². The Morgan fingerprint density at radius 2 is 1.79 bits per heavy atom. The van der Waals surface area contributed by atoms with E-state index in [9.17, 15) is 9.59 Å². The number of rotatable bonds is 4. The first-order valence-corrected chi connectivity index (χ1v) is 8.95. The first kappa shape index (κ1) is 17.7. The largest absolute Gasteiger partial charge is 0.457 e. The van der Waals surface area contributed by atoms with Crippen LogP contribution in [-0.4, -0.2) is 28.1 Å². The summed E-state index contributed by atoms with van der Waals surface area (Å²) in [6.07, 6.45) is 7.10. The van der Waals surface area contributed by atoms with Gasteiger partial charge in [0, 0.05) is 11.9 Å². The molecular formula is C22H19N3O3. The lowest BCUT2D eigenvalue weighted by Gasteiger charge is -2.41. The lowest BCUT2D eigenvalue weighted by Crippen LogP contribution is -2.58. The van der Waals surface area contributed by atoms with Gasteiger partial charge in [-0.1, -0.05) is 24.3 Å². The summed E-state index contributed by atoms with van der Waals surface area (Å²) in [5.74, 6) is 1.30. The highest BCUT2D eigenvalue weighted by molar-refractivity contribution is 6.11.